The van der Waals surface area contributed by atoms with Crippen molar-refractivity contribution in [1.29, 1.82) is 0 Å². The van der Waals surface area contributed by atoms with Crippen LogP contribution in [0.2, 0.25) is 0 Å². The molecular formula is C22H21IN4O2. The molecule has 29 heavy (non-hydrogen) atoms. The lowest BCUT2D eigenvalue weighted by molar-refractivity contribution is 0.0746. The van der Waals surface area contributed by atoms with Gasteiger partial charge >= 0.3 is 0 Å². The van der Waals surface area contributed by atoms with Gasteiger partial charge in [0.05, 0.1) is 12.8 Å². The van der Waals surface area contributed by atoms with Gasteiger partial charge in [-0.25, -0.2) is 0 Å². The van der Waals surface area contributed by atoms with Crippen LogP contribution in [0.5, 0.6) is 5.75 Å². The molecule has 1 aromatic heterocycles. The third kappa shape index (κ3) is 4.50. The normalized spacial score (nSPS) is 14.0. The van der Waals surface area contributed by atoms with Crippen molar-refractivity contribution in [2.45, 2.75) is 0 Å². The quantitative estimate of drug-likeness (QED) is 0.512. The van der Waals surface area contributed by atoms with E-state index in [9.17, 15) is 4.79 Å². The molecule has 7 heteroatoms. The minimum Gasteiger partial charge on any atom is -0.497 e. The third-order valence-electron chi connectivity index (χ3n) is 5.02. The summed E-state index contributed by atoms with van der Waals surface area (Å²) >= 11 is 2.24. The summed E-state index contributed by atoms with van der Waals surface area (Å²) in [6.45, 7) is 2.83. The van der Waals surface area contributed by atoms with E-state index in [2.05, 4.69) is 37.7 Å². The number of halogens is 1. The number of rotatable bonds is 4. The molecule has 0 aliphatic carbocycles. The summed E-state index contributed by atoms with van der Waals surface area (Å²) in [6.07, 6.45) is 0. The van der Waals surface area contributed by atoms with Crippen molar-refractivity contribution in [3.63, 3.8) is 0 Å². The first-order valence-electron chi connectivity index (χ1n) is 9.42. The van der Waals surface area contributed by atoms with Crippen molar-refractivity contribution in [2.75, 3.05) is 38.2 Å². The second-order valence-electron chi connectivity index (χ2n) is 6.79. The van der Waals surface area contributed by atoms with Crippen molar-refractivity contribution < 1.29 is 9.53 Å². The molecule has 1 saturated heterocycles. The number of nitrogens with zero attached hydrogens (tertiary/aromatic N) is 4. The predicted molar refractivity (Wildman–Crippen MR) is 121 cm³/mol. The van der Waals surface area contributed by atoms with Gasteiger partial charge in [0, 0.05) is 40.9 Å². The highest BCUT2D eigenvalue weighted by Crippen LogP contribution is 2.22. The Morgan fingerprint density at radius 1 is 0.897 bits per heavy atom. The molecule has 3 aromatic rings. The minimum atomic E-state index is 0.0852. The van der Waals surface area contributed by atoms with Crippen LogP contribution < -0.4 is 9.64 Å². The maximum atomic E-state index is 12.7. The Morgan fingerprint density at radius 2 is 1.59 bits per heavy atom. The zero-order chi connectivity index (χ0) is 20.2. The molecule has 1 amide bonds. The van der Waals surface area contributed by atoms with E-state index in [1.165, 1.54) is 0 Å². The smallest absolute Gasteiger partial charge is 0.253 e. The van der Waals surface area contributed by atoms with Crippen LogP contribution in [0.4, 0.5) is 5.82 Å². The number of ether oxygens (including phenoxy) is 1. The zero-order valence-electron chi connectivity index (χ0n) is 16.1. The lowest BCUT2D eigenvalue weighted by Gasteiger charge is -2.35. The molecule has 0 atom stereocenters. The molecule has 1 fully saturated rings. The number of aromatic nitrogens is 2. The maximum Gasteiger partial charge on any atom is 0.253 e. The van der Waals surface area contributed by atoms with E-state index in [-0.39, 0.29) is 5.91 Å². The number of anilines is 1. The van der Waals surface area contributed by atoms with Gasteiger partial charge in [0.2, 0.25) is 0 Å². The fourth-order valence-corrected chi connectivity index (χ4v) is 3.68. The van der Waals surface area contributed by atoms with E-state index in [4.69, 9.17) is 4.74 Å². The van der Waals surface area contributed by atoms with Crippen LogP contribution in [0, 0.1) is 3.57 Å². The number of methoxy groups -OCH3 is 1. The van der Waals surface area contributed by atoms with E-state index >= 15 is 0 Å². The first-order chi connectivity index (χ1) is 14.1. The molecule has 0 N–H and O–H groups in total. The number of hydrogen-bond donors (Lipinski definition) is 0. The van der Waals surface area contributed by atoms with E-state index in [1.54, 1.807) is 7.11 Å². The lowest BCUT2D eigenvalue weighted by atomic mass is 10.1. The molecule has 0 bridgehead atoms. The van der Waals surface area contributed by atoms with Crippen molar-refractivity contribution in [3.05, 3.63) is 69.8 Å². The van der Waals surface area contributed by atoms with Gasteiger partial charge in [-0.05, 0) is 83.3 Å². The summed E-state index contributed by atoms with van der Waals surface area (Å²) in [6, 6.07) is 19.4. The fourth-order valence-electron chi connectivity index (χ4n) is 3.32. The maximum absolute atomic E-state index is 12.7. The Labute approximate surface area is 183 Å². The molecule has 2 heterocycles. The molecule has 148 valence electrons. The molecule has 6 nitrogen and oxygen atoms in total. The highest BCUT2D eigenvalue weighted by Gasteiger charge is 2.23. The number of hydrogen-bond acceptors (Lipinski definition) is 5. The first kappa shape index (κ1) is 19.6. The van der Waals surface area contributed by atoms with Crippen LogP contribution in [0.15, 0.2) is 60.7 Å². The number of carbonyl (C=O) groups excluding carboxylic acids is 1. The third-order valence-corrected chi connectivity index (χ3v) is 5.74. The molecule has 0 saturated carbocycles. The van der Waals surface area contributed by atoms with Gasteiger partial charge in [-0.1, -0.05) is 0 Å². The zero-order valence-corrected chi connectivity index (χ0v) is 18.2. The first-order valence-corrected chi connectivity index (χ1v) is 10.5. The van der Waals surface area contributed by atoms with Crippen LogP contribution in [-0.4, -0.2) is 54.3 Å². The van der Waals surface area contributed by atoms with E-state index in [1.807, 2.05) is 65.6 Å². The second-order valence-corrected chi connectivity index (χ2v) is 8.04. The van der Waals surface area contributed by atoms with Crippen LogP contribution in [-0.2, 0) is 0 Å². The van der Waals surface area contributed by atoms with Gasteiger partial charge in [-0.15, -0.1) is 10.2 Å². The van der Waals surface area contributed by atoms with Crippen LogP contribution in [0.25, 0.3) is 11.3 Å². The van der Waals surface area contributed by atoms with Gasteiger partial charge in [-0.2, -0.15) is 0 Å². The summed E-state index contributed by atoms with van der Waals surface area (Å²) in [5.41, 5.74) is 2.56. The van der Waals surface area contributed by atoms with Gasteiger partial charge in [0.1, 0.15) is 5.75 Å². The fraction of sp³-hybridized carbons (Fsp3) is 0.227. The van der Waals surface area contributed by atoms with Crippen molar-refractivity contribution in [1.82, 2.24) is 15.1 Å². The van der Waals surface area contributed by atoms with Crippen LogP contribution in [0.3, 0.4) is 0 Å². The SMILES string of the molecule is COc1ccc(-c2ccc(N3CCN(C(=O)c4ccc(I)cc4)CC3)nn2)cc1. The lowest BCUT2D eigenvalue weighted by Crippen LogP contribution is -2.49. The summed E-state index contributed by atoms with van der Waals surface area (Å²) in [4.78, 5) is 16.7. The number of carbonyl (C=O) groups is 1. The minimum absolute atomic E-state index is 0.0852. The Bertz CT molecular complexity index is 967. The van der Waals surface area contributed by atoms with Gasteiger partial charge in [-0.3, -0.25) is 4.79 Å². The average Bonchev–Trinajstić information content (AvgIpc) is 2.79. The number of amides is 1. The van der Waals surface area contributed by atoms with Crippen molar-refractivity contribution in [3.8, 4) is 17.0 Å². The molecule has 0 spiro atoms. The largest absolute Gasteiger partial charge is 0.497 e. The molecule has 4 rings (SSSR count). The molecule has 0 radical (unpaired) electrons. The van der Waals surface area contributed by atoms with E-state index < -0.39 is 0 Å². The van der Waals surface area contributed by atoms with E-state index in [0.717, 1.165) is 45.0 Å². The number of benzene rings is 2. The van der Waals surface area contributed by atoms with Crippen LogP contribution in [0.1, 0.15) is 10.4 Å². The molecule has 0 unspecified atom stereocenters. The van der Waals surface area contributed by atoms with Crippen molar-refractivity contribution >= 4 is 34.3 Å². The summed E-state index contributed by atoms with van der Waals surface area (Å²) in [5, 5.41) is 8.78. The Hall–Kier alpha value is -2.68. The van der Waals surface area contributed by atoms with Gasteiger partial charge in [0.25, 0.3) is 5.91 Å². The Balaban J connectivity index is 1.38. The topological polar surface area (TPSA) is 58.6 Å². The van der Waals surface area contributed by atoms with Gasteiger partial charge in [0.15, 0.2) is 5.82 Å². The standard InChI is InChI=1S/C22H21IN4O2/c1-29-19-8-4-16(5-9-19)20-10-11-21(25-24-20)26-12-14-27(15-13-26)22(28)17-2-6-18(23)7-3-17/h2-11H,12-15H2,1H3. The number of piperazine rings is 1. The van der Waals surface area contributed by atoms with Crippen molar-refractivity contribution in [2.24, 2.45) is 0 Å². The summed E-state index contributed by atoms with van der Waals surface area (Å²) in [5.74, 6) is 1.74. The molecule has 1 aliphatic rings. The van der Waals surface area contributed by atoms with Gasteiger partial charge < -0.3 is 14.5 Å². The van der Waals surface area contributed by atoms with E-state index in [0.29, 0.717) is 13.1 Å². The predicted octanol–water partition coefficient (Wildman–Crippen LogP) is 3.72. The average molecular weight is 500 g/mol. The monoisotopic (exact) mass is 500 g/mol. The Morgan fingerprint density at radius 3 is 2.17 bits per heavy atom. The molecular weight excluding hydrogens is 479 g/mol. The summed E-state index contributed by atoms with van der Waals surface area (Å²) in [7, 11) is 1.65. The molecule has 1 aliphatic heterocycles. The summed E-state index contributed by atoms with van der Waals surface area (Å²) < 4.78 is 6.32. The Kier molecular flexibility index (Phi) is 5.94. The second kappa shape index (κ2) is 8.77. The highest BCUT2D eigenvalue weighted by atomic mass is 127. The molecule has 2 aromatic carbocycles. The highest BCUT2D eigenvalue weighted by molar-refractivity contribution is 14.1. The van der Waals surface area contributed by atoms with Crippen LogP contribution >= 0.6 is 22.6 Å².